The van der Waals surface area contributed by atoms with E-state index in [0.717, 1.165) is 4.90 Å². The lowest BCUT2D eigenvalue weighted by Crippen LogP contribution is -2.66. The highest BCUT2D eigenvalue weighted by atomic mass is 16.4. The van der Waals surface area contributed by atoms with E-state index in [2.05, 4.69) is 5.32 Å². The van der Waals surface area contributed by atoms with Crippen LogP contribution in [0.2, 0.25) is 0 Å². The Morgan fingerprint density at radius 1 is 1.26 bits per heavy atom. The van der Waals surface area contributed by atoms with E-state index in [9.17, 15) is 29.7 Å². The Morgan fingerprint density at radius 2 is 1.93 bits per heavy atom. The van der Waals surface area contributed by atoms with Gasteiger partial charge in [0.25, 0.3) is 5.91 Å². The minimum absolute atomic E-state index is 0.0459. The van der Waals surface area contributed by atoms with E-state index in [1.165, 1.54) is 13.8 Å². The number of nitrogens with zero attached hydrogens (tertiary/aromatic N) is 1. The zero-order chi connectivity index (χ0) is 20.1. The molecule has 2 atom stereocenters. The molecule has 0 aromatic heterocycles. The van der Waals surface area contributed by atoms with Gasteiger partial charge in [0.1, 0.15) is 23.2 Å². The second kappa shape index (κ2) is 6.29. The van der Waals surface area contributed by atoms with Gasteiger partial charge in [-0.15, -0.1) is 0 Å². The molecular formula is C19H22N2O6. The number of fused-ring (bicyclic) bond motifs is 3. The molecule has 144 valence electrons. The Bertz CT molecular complexity index is 891. The lowest BCUT2D eigenvalue weighted by Gasteiger charge is -2.46. The average Bonchev–Trinajstić information content (AvgIpc) is 2.86. The molecule has 2 aliphatic rings. The molecule has 3 rings (SSSR count). The van der Waals surface area contributed by atoms with Crippen LogP contribution in [0, 0.1) is 13.8 Å². The van der Waals surface area contributed by atoms with Crippen LogP contribution in [0.4, 0.5) is 0 Å². The fraction of sp³-hybridized carbons (Fsp3) is 0.421. The van der Waals surface area contributed by atoms with Gasteiger partial charge in [-0.3, -0.25) is 14.5 Å². The van der Waals surface area contributed by atoms with E-state index in [1.807, 2.05) is 19.1 Å². The lowest BCUT2D eigenvalue weighted by molar-refractivity contribution is -0.153. The Hall–Kier alpha value is -3.03. The number of carboxylic acids is 1. The number of hydrogen-bond donors (Lipinski definition) is 4. The summed E-state index contributed by atoms with van der Waals surface area (Å²) < 4.78 is 0. The highest BCUT2D eigenvalue weighted by Gasteiger charge is 2.59. The Labute approximate surface area is 156 Å². The third-order valence-electron chi connectivity index (χ3n) is 5.42. The molecule has 0 aliphatic carbocycles. The van der Waals surface area contributed by atoms with Crippen LogP contribution in [-0.2, 0) is 15.3 Å². The van der Waals surface area contributed by atoms with Gasteiger partial charge in [0.2, 0.25) is 5.91 Å². The zero-order valence-electron chi connectivity index (χ0n) is 15.4. The fourth-order valence-corrected chi connectivity index (χ4v) is 4.13. The second-order valence-corrected chi connectivity index (χ2v) is 6.95. The number of aliphatic carboxylic acids is 1. The summed E-state index contributed by atoms with van der Waals surface area (Å²) in [6, 6.07) is -1.36. The molecule has 8 heteroatoms. The lowest BCUT2D eigenvalue weighted by atomic mass is 9.86. The largest absolute Gasteiger partial charge is 0.507 e. The van der Waals surface area contributed by atoms with Crippen molar-refractivity contribution in [2.75, 3.05) is 0 Å². The molecule has 1 saturated heterocycles. The summed E-state index contributed by atoms with van der Waals surface area (Å²) in [4.78, 5) is 38.5. The van der Waals surface area contributed by atoms with Crippen LogP contribution >= 0.6 is 0 Å². The molecule has 0 bridgehead atoms. The summed E-state index contributed by atoms with van der Waals surface area (Å²) >= 11 is 0. The second-order valence-electron chi connectivity index (χ2n) is 6.95. The highest BCUT2D eigenvalue weighted by Crippen LogP contribution is 2.52. The van der Waals surface area contributed by atoms with Gasteiger partial charge in [0.05, 0.1) is 17.5 Å². The number of carbonyl (C=O) groups is 3. The van der Waals surface area contributed by atoms with Crippen molar-refractivity contribution in [3.63, 3.8) is 0 Å². The maximum absolute atomic E-state index is 13.2. The molecule has 2 heterocycles. The van der Waals surface area contributed by atoms with E-state index >= 15 is 0 Å². The summed E-state index contributed by atoms with van der Waals surface area (Å²) in [6.45, 7) is 4.87. The van der Waals surface area contributed by atoms with Gasteiger partial charge in [-0.1, -0.05) is 12.2 Å². The number of amides is 2. The van der Waals surface area contributed by atoms with E-state index < -0.39 is 29.5 Å². The molecule has 8 nitrogen and oxygen atoms in total. The van der Waals surface area contributed by atoms with E-state index in [4.69, 9.17) is 0 Å². The van der Waals surface area contributed by atoms with Crippen molar-refractivity contribution in [3.8, 4) is 11.5 Å². The monoisotopic (exact) mass is 374 g/mol. The van der Waals surface area contributed by atoms with Crippen molar-refractivity contribution in [2.45, 2.75) is 51.7 Å². The summed E-state index contributed by atoms with van der Waals surface area (Å²) in [5.74, 6) is -2.96. The number of aromatic hydroxyl groups is 2. The van der Waals surface area contributed by atoms with Crippen LogP contribution in [0.25, 0.3) is 0 Å². The first-order valence-electron chi connectivity index (χ1n) is 8.71. The topological polar surface area (TPSA) is 127 Å². The standard InChI is InChI=1S/C19H22N2O6/c1-4-5-6-7-19-14-13(9(2)15(23)10(3)16(14)24)17(25)21(19)11(18(26)27)8-12(22)20-19/h4-5,11,23-24H,6-8H2,1-3H3,(H,20,22)(H,26,27)/t11-,19-/m0/s1. The number of rotatable bonds is 4. The maximum Gasteiger partial charge on any atom is 0.327 e. The van der Waals surface area contributed by atoms with Crippen LogP contribution in [0.15, 0.2) is 12.2 Å². The predicted octanol–water partition coefficient (Wildman–Crippen LogP) is 1.65. The zero-order valence-corrected chi connectivity index (χ0v) is 15.4. The Balaban J connectivity index is 2.34. The Kier molecular flexibility index (Phi) is 4.37. The third kappa shape index (κ3) is 2.47. The molecule has 1 fully saturated rings. The minimum Gasteiger partial charge on any atom is -0.507 e. The van der Waals surface area contributed by atoms with E-state index in [0.29, 0.717) is 6.42 Å². The summed E-state index contributed by atoms with van der Waals surface area (Å²) in [6.07, 6.45) is 3.92. The van der Waals surface area contributed by atoms with Crippen LogP contribution in [0.1, 0.15) is 53.2 Å². The minimum atomic E-state index is -1.47. The highest BCUT2D eigenvalue weighted by molar-refractivity contribution is 6.07. The fourth-order valence-electron chi connectivity index (χ4n) is 4.13. The van der Waals surface area contributed by atoms with Gasteiger partial charge in [0, 0.05) is 11.1 Å². The Morgan fingerprint density at radius 3 is 2.52 bits per heavy atom. The number of hydrogen-bond acceptors (Lipinski definition) is 5. The van der Waals surface area contributed by atoms with Gasteiger partial charge < -0.3 is 20.6 Å². The van der Waals surface area contributed by atoms with Gasteiger partial charge in [0.15, 0.2) is 0 Å². The van der Waals surface area contributed by atoms with Crippen LogP contribution < -0.4 is 5.32 Å². The number of allylic oxidation sites excluding steroid dienone is 2. The van der Waals surface area contributed by atoms with Crippen molar-refractivity contribution >= 4 is 17.8 Å². The normalized spacial score (nSPS) is 24.1. The number of nitrogens with one attached hydrogen (secondary N) is 1. The van der Waals surface area contributed by atoms with Crippen molar-refractivity contribution < 1.29 is 29.7 Å². The van der Waals surface area contributed by atoms with Crippen LogP contribution in [0.5, 0.6) is 11.5 Å². The molecule has 27 heavy (non-hydrogen) atoms. The average molecular weight is 374 g/mol. The number of carboxylic acid groups (broad SMARTS) is 1. The maximum atomic E-state index is 13.2. The first kappa shape index (κ1) is 18.8. The molecule has 0 spiro atoms. The molecule has 0 radical (unpaired) electrons. The number of phenols is 2. The molecule has 1 aromatic rings. The first-order valence-corrected chi connectivity index (χ1v) is 8.71. The summed E-state index contributed by atoms with van der Waals surface area (Å²) in [5, 5.41) is 33.4. The van der Waals surface area contributed by atoms with Crippen molar-refractivity contribution in [1.29, 1.82) is 0 Å². The number of benzene rings is 1. The molecule has 0 unspecified atom stereocenters. The predicted molar refractivity (Wildman–Crippen MR) is 95.3 cm³/mol. The van der Waals surface area contributed by atoms with Gasteiger partial charge in [-0.25, -0.2) is 4.79 Å². The van der Waals surface area contributed by atoms with Crippen LogP contribution in [0.3, 0.4) is 0 Å². The molecule has 2 amide bonds. The quantitative estimate of drug-likeness (QED) is 0.594. The number of phenolic OH excluding ortho intramolecular Hbond substituents is 2. The van der Waals surface area contributed by atoms with Crippen LogP contribution in [-0.4, -0.2) is 44.0 Å². The van der Waals surface area contributed by atoms with Gasteiger partial charge in [-0.2, -0.15) is 0 Å². The van der Waals surface area contributed by atoms with E-state index in [-0.39, 0.29) is 46.6 Å². The van der Waals surface area contributed by atoms with Crippen molar-refractivity contribution in [2.24, 2.45) is 0 Å². The van der Waals surface area contributed by atoms with Gasteiger partial charge >= 0.3 is 5.97 Å². The van der Waals surface area contributed by atoms with E-state index in [1.54, 1.807) is 0 Å². The molecule has 2 aliphatic heterocycles. The van der Waals surface area contributed by atoms with Crippen molar-refractivity contribution in [1.82, 2.24) is 10.2 Å². The van der Waals surface area contributed by atoms with Crippen molar-refractivity contribution in [3.05, 3.63) is 34.4 Å². The number of carbonyl (C=O) groups excluding carboxylic acids is 2. The first-order chi connectivity index (χ1) is 12.7. The van der Waals surface area contributed by atoms with Gasteiger partial charge in [-0.05, 0) is 33.6 Å². The SMILES string of the molecule is CC=CCC[C@]12NC(=O)C[C@@H](C(=O)O)N1C(=O)c1c(C)c(O)c(C)c(O)c12. The summed E-state index contributed by atoms with van der Waals surface area (Å²) in [5.41, 5.74) is -0.840. The third-order valence-corrected chi connectivity index (χ3v) is 5.42. The molecular weight excluding hydrogens is 352 g/mol. The molecule has 0 saturated carbocycles. The summed E-state index contributed by atoms with van der Waals surface area (Å²) in [7, 11) is 0. The smallest absolute Gasteiger partial charge is 0.327 e. The molecule has 4 N–H and O–H groups in total. The molecule has 1 aromatic carbocycles.